The van der Waals surface area contributed by atoms with Gasteiger partial charge in [0.05, 0.1) is 0 Å². The molecule has 0 aromatic carbocycles. The van der Waals surface area contributed by atoms with Crippen molar-refractivity contribution in [1.82, 2.24) is 10.2 Å². The van der Waals surface area contributed by atoms with Crippen LogP contribution in [-0.2, 0) is 0 Å². The van der Waals surface area contributed by atoms with Gasteiger partial charge in [-0.2, -0.15) is 0 Å². The lowest BCUT2D eigenvalue weighted by Crippen LogP contribution is -2.25. The molecule has 1 aliphatic rings. The Balaban J connectivity index is 1.71. The minimum absolute atomic E-state index is 0.350. The maximum Gasteiger partial charge on any atom is 0.0431 e. The molecule has 0 aromatic rings. The first-order valence-electron chi connectivity index (χ1n) is 6.97. The number of nitrogens with zero attached hydrogens (tertiary/aromatic N) is 1. The number of nitrogens with one attached hydrogen (secondary N) is 1. The molecule has 0 aromatic heterocycles. The van der Waals surface area contributed by atoms with E-state index in [1.54, 1.807) is 0 Å². The fourth-order valence-corrected chi connectivity index (χ4v) is 2.27. The molecule has 0 atom stereocenters. The number of aliphatic hydroxyl groups excluding tert-OH is 1. The molecule has 16 heavy (non-hydrogen) atoms. The van der Waals surface area contributed by atoms with Crippen LogP contribution in [0.4, 0.5) is 0 Å². The molecule has 3 heteroatoms. The van der Waals surface area contributed by atoms with Gasteiger partial charge in [0.2, 0.25) is 0 Å². The Labute approximate surface area is 100 Å². The van der Waals surface area contributed by atoms with E-state index in [9.17, 15) is 0 Å². The number of unbranched alkanes of at least 4 members (excludes halogenated alkanes) is 3. The number of aliphatic hydroxyl groups is 1. The summed E-state index contributed by atoms with van der Waals surface area (Å²) in [4.78, 5) is 2.57. The Morgan fingerprint density at radius 2 is 1.56 bits per heavy atom. The zero-order valence-electron chi connectivity index (χ0n) is 10.6. The van der Waals surface area contributed by atoms with E-state index in [0.717, 1.165) is 19.5 Å². The summed E-state index contributed by atoms with van der Waals surface area (Å²) < 4.78 is 0. The van der Waals surface area contributed by atoms with Crippen LogP contribution in [0, 0.1) is 0 Å². The third-order valence-electron chi connectivity index (χ3n) is 3.29. The molecule has 0 bridgehead atoms. The summed E-state index contributed by atoms with van der Waals surface area (Å²) in [6.07, 6.45) is 8.73. The van der Waals surface area contributed by atoms with Crippen LogP contribution in [0.2, 0.25) is 0 Å². The highest BCUT2D eigenvalue weighted by molar-refractivity contribution is 4.66. The molecule has 0 radical (unpaired) electrons. The van der Waals surface area contributed by atoms with Crippen LogP contribution in [0.1, 0.15) is 44.9 Å². The topological polar surface area (TPSA) is 35.5 Å². The number of rotatable bonds is 10. The molecule has 0 spiro atoms. The number of hydrogen-bond donors (Lipinski definition) is 2. The van der Waals surface area contributed by atoms with Gasteiger partial charge in [-0.25, -0.2) is 0 Å². The van der Waals surface area contributed by atoms with Gasteiger partial charge in [0, 0.05) is 6.61 Å². The molecule has 1 rings (SSSR count). The minimum atomic E-state index is 0.350. The zero-order chi connectivity index (χ0) is 11.5. The average Bonchev–Trinajstić information content (AvgIpc) is 2.80. The number of hydrogen-bond acceptors (Lipinski definition) is 3. The molecule has 0 unspecified atom stereocenters. The van der Waals surface area contributed by atoms with Gasteiger partial charge in [-0.1, -0.05) is 12.8 Å². The zero-order valence-corrected chi connectivity index (χ0v) is 10.6. The second kappa shape index (κ2) is 10.1. The lowest BCUT2D eigenvalue weighted by molar-refractivity contribution is 0.282. The molecule has 0 saturated carbocycles. The summed E-state index contributed by atoms with van der Waals surface area (Å²) in [5.41, 5.74) is 0. The summed E-state index contributed by atoms with van der Waals surface area (Å²) in [6.45, 7) is 6.57. The quantitative estimate of drug-likeness (QED) is 0.558. The third-order valence-corrected chi connectivity index (χ3v) is 3.29. The Hall–Kier alpha value is -0.120. The van der Waals surface area contributed by atoms with Crippen LogP contribution in [0.15, 0.2) is 0 Å². The molecule has 0 amide bonds. The molecular formula is C13H28N2O. The first-order valence-corrected chi connectivity index (χ1v) is 6.97. The van der Waals surface area contributed by atoms with Crippen molar-refractivity contribution in [3.05, 3.63) is 0 Å². The lowest BCUT2D eigenvalue weighted by Gasteiger charge is -2.14. The minimum Gasteiger partial charge on any atom is -0.396 e. The van der Waals surface area contributed by atoms with Gasteiger partial charge in [-0.05, 0) is 64.8 Å². The van der Waals surface area contributed by atoms with Crippen LogP contribution >= 0.6 is 0 Å². The van der Waals surface area contributed by atoms with Crippen molar-refractivity contribution in [2.24, 2.45) is 0 Å². The predicted octanol–water partition coefficient (Wildman–Crippen LogP) is 1.61. The van der Waals surface area contributed by atoms with E-state index in [1.807, 2.05) is 0 Å². The molecule has 0 aliphatic carbocycles. The van der Waals surface area contributed by atoms with Crippen molar-refractivity contribution in [2.75, 3.05) is 39.3 Å². The van der Waals surface area contributed by atoms with Gasteiger partial charge in [-0.15, -0.1) is 0 Å². The average molecular weight is 228 g/mol. The SMILES string of the molecule is OCCCCCCNCCCN1CCCC1. The van der Waals surface area contributed by atoms with Gasteiger partial charge in [0.15, 0.2) is 0 Å². The van der Waals surface area contributed by atoms with Crippen molar-refractivity contribution in [1.29, 1.82) is 0 Å². The third kappa shape index (κ3) is 7.20. The van der Waals surface area contributed by atoms with Crippen molar-refractivity contribution < 1.29 is 5.11 Å². The molecule has 1 heterocycles. The monoisotopic (exact) mass is 228 g/mol. The van der Waals surface area contributed by atoms with Crippen molar-refractivity contribution in [2.45, 2.75) is 44.9 Å². The van der Waals surface area contributed by atoms with Crippen LogP contribution < -0.4 is 5.32 Å². The fraction of sp³-hybridized carbons (Fsp3) is 1.00. The van der Waals surface area contributed by atoms with E-state index < -0.39 is 0 Å². The van der Waals surface area contributed by atoms with Gasteiger partial charge in [0.25, 0.3) is 0 Å². The Morgan fingerprint density at radius 3 is 2.31 bits per heavy atom. The summed E-state index contributed by atoms with van der Waals surface area (Å²) in [6, 6.07) is 0. The summed E-state index contributed by atoms with van der Waals surface area (Å²) in [5, 5.41) is 12.1. The first kappa shape index (κ1) is 13.9. The Kier molecular flexibility index (Phi) is 8.77. The molecule has 96 valence electrons. The van der Waals surface area contributed by atoms with Gasteiger partial charge < -0.3 is 15.3 Å². The van der Waals surface area contributed by atoms with Crippen LogP contribution in [0.25, 0.3) is 0 Å². The van der Waals surface area contributed by atoms with Crippen LogP contribution in [0.3, 0.4) is 0 Å². The second-order valence-corrected chi connectivity index (χ2v) is 4.79. The Bertz CT molecular complexity index is 147. The van der Waals surface area contributed by atoms with E-state index in [-0.39, 0.29) is 0 Å². The van der Waals surface area contributed by atoms with Crippen LogP contribution in [0.5, 0.6) is 0 Å². The highest BCUT2D eigenvalue weighted by Gasteiger charge is 2.09. The fourth-order valence-electron chi connectivity index (χ4n) is 2.27. The summed E-state index contributed by atoms with van der Waals surface area (Å²) in [5.74, 6) is 0. The van der Waals surface area contributed by atoms with Gasteiger partial charge in [-0.3, -0.25) is 0 Å². The van der Waals surface area contributed by atoms with E-state index in [0.29, 0.717) is 6.61 Å². The number of likely N-dealkylation sites (tertiary alicyclic amines) is 1. The summed E-state index contributed by atoms with van der Waals surface area (Å²) >= 11 is 0. The van der Waals surface area contributed by atoms with Crippen LogP contribution in [-0.4, -0.2) is 49.3 Å². The van der Waals surface area contributed by atoms with E-state index in [1.165, 1.54) is 58.2 Å². The van der Waals surface area contributed by atoms with E-state index >= 15 is 0 Å². The maximum atomic E-state index is 8.62. The second-order valence-electron chi connectivity index (χ2n) is 4.79. The van der Waals surface area contributed by atoms with Gasteiger partial charge >= 0.3 is 0 Å². The van der Waals surface area contributed by atoms with Crippen molar-refractivity contribution in [3.8, 4) is 0 Å². The normalized spacial score (nSPS) is 17.1. The maximum absolute atomic E-state index is 8.62. The Morgan fingerprint density at radius 1 is 0.875 bits per heavy atom. The summed E-state index contributed by atoms with van der Waals surface area (Å²) in [7, 11) is 0. The largest absolute Gasteiger partial charge is 0.396 e. The smallest absolute Gasteiger partial charge is 0.0431 e. The lowest BCUT2D eigenvalue weighted by atomic mass is 10.2. The molecule has 1 fully saturated rings. The van der Waals surface area contributed by atoms with Gasteiger partial charge in [0.1, 0.15) is 0 Å². The molecule has 1 aliphatic heterocycles. The van der Waals surface area contributed by atoms with Crippen molar-refractivity contribution >= 4 is 0 Å². The molecule has 3 nitrogen and oxygen atoms in total. The van der Waals surface area contributed by atoms with E-state index in [2.05, 4.69) is 10.2 Å². The first-order chi connectivity index (χ1) is 7.93. The molecule has 2 N–H and O–H groups in total. The molecule has 1 saturated heterocycles. The van der Waals surface area contributed by atoms with Crippen molar-refractivity contribution in [3.63, 3.8) is 0 Å². The van der Waals surface area contributed by atoms with E-state index in [4.69, 9.17) is 5.11 Å². The predicted molar refractivity (Wildman–Crippen MR) is 68.7 cm³/mol. The highest BCUT2D eigenvalue weighted by atomic mass is 16.2. The standard InChI is InChI=1S/C13H28N2O/c16-13-6-2-1-3-8-14-9-7-12-15-10-4-5-11-15/h14,16H,1-13H2. The highest BCUT2D eigenvalue weighted by Crippen LogP contribution is 2.06. The molecular weight excluding hydrogens is 200 g/mol.